The second-order valence-corrected chi connectivity index (χ2v) is 8.32. The van der Waals surface area contributed by atoms with Crippen molar-refractivity contribution in [2.75, 3.05) is 13.1 Å². The fourth-order valence-electron chi connectivity index (χ4n) is 5.48. The topological polar surface area (TPSA) is 61.3 Å². The molecule has 1 aromatic heterocycles. The smallest absolute Gasteiger partial charge is 0.326 e. The lowest BCUT2D eigenvalue weighted by atomic mass is 9.99. The van der Waals surface area contributed by atoms with E-state index in [-0.39, 0.29) is 11.7 Å². The minimum Gasteiger partial charge on any atom is -0.507 e. The molecule has 1 saturated heterocycles. The first-order valence-corrected chi connectivity index (χ1v) is 10.4. The number of likely N-dealkylation sites (tertiary alicyclic amines) is 1. The largest absolute Gasteiger partial charge is 0.507 e. The molecule has 1 fully saturated rings. The fraction of sp³-hybridized carbons (Fsp3) is 0.292. The second-order valence-electron chi connectivity index (χ2n) is 8.32. The Labute approximate surface area is 168 Å². The quantitative estimate of drug-likeness (QED) is 0.546. The number of benzene rings is 3. The molecule has 0 bridgehead atoms. The molecule has 6 rings (SSSR count). The molecule has 5 nitrogen and oxygen atoms in total. The number of hydrogen-bond acceptors (Lipinski definition) is 3. The summed E-state index contributed by atoms with van der Waals surface area (Å²) in [4.78, 5) is 18.1. The summed E-state index contributed by atoms with van der Waals surface area (Å²) < 4.78 is 1.95. The van der Waals surface area contributed by atoms with Crippen molar-refractivity contribution in [1.29, 1.82) is 0 Å². The third kappa shape index (κ3) is 2.47. The number of fused-ring (bicyclic) bond motifs is 1. The maximum atomic E-state index is 12.6. The normalized spacial score (nSPS) is 20.1. The third-order valence-electron chi connectivity index (χ3n) is 6.84. The van der Waals surface area contributed by atoms with Crippen molar-refractivity contribution in [1.82, 2.24) is 14.5 Å². The van der Waals surface area contributed by atoms with Crippen molar-refractivity contribution >= 4 is 21.8 Å². The van der Waals surface area contributed by atoms with Gasteiger partial charge in [0.1, 0.15) is 5.75 Å². The van der Waals surface area contributed by atoms with E-state index in [4.69, 9.17) is 0 Å². The van der Waals surface area contributed by atoms with Crippen LogP contribution in [0.2, 0.25) is 0 Å². The van der Waals surface area contributed by atoms with Gasteiger partial charge < -0.3 is 10.1 Å². The highest BCUT2D eigenvalue weighted by Crippen LogP contribution is 2.44. The summed E-state index contributed by atoms with van der Waals surface area (Å²) in [6, 6.07) is 18.7. The lowest BCUT2D eigenvalue weighted by Crippen LogP contribution is -2.39. The number of piperidine rings is 1. The predicted octanol–water partition coefficient (Wildman–Crippen LogP) is 4.12. The minimum absolute atomic E-state index is 0.00170. The van der Waals surface area contributed by atoms with E-state index >= 15 is 0 Å². The van der Waals surface area contributed by atoms with Crippen molar-refractivity contribution in [2.24, 2.45) is 0 Å². The maximum Gasteiger partial charge on any atom is 0.326 e. The van der Waals surface area contributed by atoms with Gasteiger partial charge in [-0.25, -0.2) is 4.79 Å². The van der Waals surface area contributed by atoms with Crippen LogP contribution in [0.3, 0.4) is 0 Å². The third-order valence-corrected chi connectivity index (χ3v) is 6.84. The van der Waals surface area contributed by atoms with Crippen LogP contribution in [0, 0.1) is 0 Å². The zero-order chi connectivity index (χ0) is 19.5. The Balaban J connectivity index is 1.28. The van der Waals surface area contributed by atoms with E-state index in [1.807, 2.05) is 41.0 Å². The summed E-state index contributed by atoms with van der Waals surface area (Å²) in [7, 11) is 0. The van der Waals surface area contributed by atoms with Crippen LogP contribution in [0.1, 0.15) is 36.1 Å². The SMILES string of the molecule is O=c1[nH]c2ccccc2n1C1CCN(C2Cc3ccc(O)c4cccc2c34)CC1. The van der Waals surface area contributed by atoms with Crippen molar-refractivity contribution in [3.63, 3.8) is 0 Å². The molecule has 29 heavy (non-hydrogen) atoms. The summed E-state index contributed by atoms with van der Waals surface area (Å²) >= 11 is 0. The van der Waals surface area contributed by atoms with Crippen molar-refractivity contribution in [2.45, 2.75) is 31.3 Å². The van der Waals surface area contributed by atoms with Gasteiger partial charge in [-0.15, -0.1) is 0 Å². The van der Waals surface area contributed by atoms with Gasteiger partial charge in [0.15, 0.2) is 0 Å². The molecule has 0 radical (unpaired) electrons. The van der Waals surface area contributed by atoms with Gasteiger partial charge in [-0.1, -0.05) is 36.4 Å². The fourth-order valence-corrected chi connectivity index (χ4v) is 5.48. The van der Waals surface area contributed by atoms with E-state index in [0.29, 0.717) is 11.8 Å². The second kappa shape index (κ2) is 6.22. The highest BCUT2D eigenvalue weighted by atomic mass is 16.3. The summed E-state index contributed by atoms with van der Waals surface area (Å²) in [5, 5.41) is 12.4. The lowest BCUT2D eigenvalue weighted by molar-refractivity contribution is 0.137. The van der Waals surface area contributed by atoms with Gasteiger partial charge in [-0.3, -0.25) is 9.47 Å². The number of aromatic amines is 1. The molecule has 1 aliphatic heterocycles. The van der Waals surface area contributed by atoms with E-state index in [9.17, 15) is 9.90 Å². The first-order chi connectivity index (χ1) is 14.2. The Bertz CT molecular complexity index is 1290. The molecule has 4 aromatic rings. The number of hydrogen-bond donors (Lipinski definition) is 2. The number of nitrogens with one attached hydrogen (secondary N) is 1. The van der Waals surface area contributed by atoms with Crippen LogP contribution < -0.4 is 5.69 Å². The lowest BCUT2D eigenvalue weighted by Gasteiger charge is -2.36. The molecule has 0 amide bonds. The highest BCUT2D eigenvalue weighted by molar-refractivity contribution is 5.95. The van der Waals surface area contributed by atoms with Gasteiger partial charge in [-0.05, 0) is 54.0 Å². The first kappa shape index (κ1) is 16.9. The van der Waals surface area contributed by atoms with Crippen molar-refractivity contribution < 1.29 is 5.11 Å². The van der Waals surface area contributed by atoms with E-state index in [2.05, 4.69) is 28.1 Å². The predicted molar refractivity (Wildman–Crippen MR) is 114 cm³/mol. The molecule has 1 atom stereocenters. The van der Waals surface area contributed by atoms with E-state index < -0.39 is 0 Å². The molecule has 146 valence electrons. The average Bonchev–Trinajstić information content (AvgIpc) is 3.29. The van der Waals surface area contributed by atoms with E-state index in [1.54, 1.807) is 0 Å². The number of rotatable bonds is 2. The molecule has 1 unspecified atom stereocenters. The van der Waals surface area contributed by atoms with Crippen LogP contribution in [0.5, 0.6) is 5.75 Å². The monoisotopic (exact) mass is 385 g/mol. The zero-order valence-corrected chi connectivity index (χ0v) is 16.1. The van der Waals surface area contributed by atoms with E-state index in [1.165, 1.54) is 16.5 Å². The van der Waals surface area contributed by atoms with Crippen LogP contribution in [-0.4, -0.2) is 32.6 Å². The average molecular weight is 385 g/mol. The van der Waals surface area contributed by atoms with Crippen LogP contribution in [0.15, 0.2) is 59.4 Å². The van der Waals surface area contributed by atoms with Gasteiger partial charge >= 0.3 is 5.69 Å². The number of H-pyrrole nitrogens is 1. The molecule has 0 spiro atoms. The van der Waals surface area contributed by atoms with Gasteiger partial charge in [0, 0.05) is 30.6 Å². The molecule has 5 heteroatoms. The molecule has 2 aliphatic rings. The molecule has 0 saturated carbocycles. The number of phenols is 1. The van der Waals surface area contributed by atoms with Crippen molar-refractivity contribution in [3.8, 4) is 5.75 Å². The Hall–Kier alpha value is -3.05. The molecular weight excluding hydrogens is 362 g/mol. The van der Waals surface area contributed by atoms with Crippen LogP contribution >= 0.6 is 0 Å². The first-order valence-electron chi connectivity index (χ1n) is 10.4. The van der Waals surface area contributed by atoms with Crippen LogP contribution in [0.25, 0.3) is 21.8 Å². The number of nitrogens with zero attached hydrogens (tertiary/aromatic N) is 2. The molecule has 2 heterocycles. The number of para-hydroxylation sites is 2. The summed E-state index contributed by atoms with van der Waals surface area (Å²) in [6.07, 6.45) is 2.93. The standard InChI is InChI=1S/C24H23N3O2/c28-22-9-8-15-14-21(17-4-3-5-18(22)23(15)17)26-12-10-16(11-13-26)27-20-7-2-1-6-19(20)25-24(27)29/h1-9,16,21,28H,10-14H2,(H,25,29). The number of phenolic OH excluding ortho intramolecular Hbond substituents is 1. The van der Waals surface area contributed by atoms with Gasteiger partial charge in [0.25, 0.3) is 0 Å². The Kier molecular flexibility index (Phi) is 3.62. The number of aromatic nitrogens is 2. The zero-order valence-electron chi connectivity index (χ0n) is 16.1. The van der Waals surface area contributed by atoms with Gasteiger partial charge in [0.2, 0.25) is 0 Å². The Morgan fingerprint density at radius 1 is 0.966 bits per heavy atom. The highest BCUT2D eigenvalue weighted by Gasteiger charge is 2.33. The Morgan fingerprint density at radius 3 is 2.66 bits per heavy atom. The van der Waals surface area contributed by atoms with Crippen molar-refractivity contribution in [3.05, 3.63) is 76.2 Å². The van der Waals surface area contributed by atoms with Crippen LogP contribution in [-0.2, 0) is 6.42 Å². The number of imidazole rings is 1. The van der Waals surface area contributed by atoms with Crippen LogP contribution in [0.4, 0.5) is 0 Å². The minimum atomic E-state index is -0.00170. The molecular formula is C24H23N3O2. The summed E-state index contributed by atoms with van der Waals surface area (Å²) in [5.74, 6) is 0.365. The van der Waals surface area contributed by atoms with Gasteiger partial charge in [0.05, 0.1) is 11.0 Å². The van der Waals surface area contributed by atoms with E-state index in [0.717, 1.165) is 48.8 Å². The molecule has 1 aliphatic carbocycles. The molecule has 2 N–H and O–H groups in total. The Morgan fingerprint density at radius 2 is 1.79 bits per heavy atom. The molecule has 3 aromatic carbocycles. The van der Waals surface area contributed by atoms with Gasteiger partial charge in [-0.2, -0.15) is 0 Å². The number of aromatic hydroxyl groups is 1. The maximum absolute atomic E-state index is 12.6. The summed E-state index contributed by atoms with van der Waals surface area (Å²) in [5.41, 5.74) is 4.57. The summed E-state index contributed by atoms with van der Waals surface area (Å²) in [6.45, 7) is 1.94.